The zero-order valence-corrected chi connectivity index (χ0v) is 24.0. The second-order valence-electron chi connectivity index (χ2n) is 11.3. The Morgan fingerprint density at radius 1 is 0.477 bits per heavy atom. The standard InChI is InChI=1S/C41H29N3/c42-36(28-14-3-1-4-15-28)26-27-37(43)31-19-13-23-35-40(31)30-18-7-8-20-32(30)41(35)33-21-9-11-24-38(33)44(29-16-5-2-6-17-29)39-25-12-10-22-34(39)41/h1-27,42-43H/b27-26-,42-36?,43-37?. The lowest BCUT2D eigenvalue weighted by Gasteiger charge is -2.45. The van der Waals surface area contributed by atoms with Crippen molar-refractivity contribution >= 4 is 28.5 Å². The van der Waals surface area contributed by atoms with E-state index in [2.05, 4.69) is 120 Å². The third kappa shape index (κ3) is 3.69. The molecule has 1 aliphatic carbocycles. The van der Waals surface area contributed by atoms with Crippen molar-refractivity contribution in [2.75, 3.05) is 4.90 Å². The van der Waals surface area contributed by atoms with Crippen LogP contribution < -0.4 is 4.90 Å². The van der Waals surface area contributed by atoms with Crippen LogP contribution in [0.15, 0.2) is 164 Å². The summed E-state index contributed by atoms with van der Waals surface area (Å²) >= 11 is 0. The maximum absolute atomic E-state index is 9.24. The summed E-state index contributed by atoms with van der Waals surface area (Å²) in [4.78, 5) is 2.38. The maximum Gasteiger partial charge on any atom is 0.0754 e. The van der Waals surface area contributed by atoms with E-state index < -0.39 is 5.41 Å². The van der Waals surface area contributed by atoms with Gasteiger partial charge in [0, 0.05) is 11.3 Å². The number of nitrogens with zero attached hydrogens (tertiary/aromatic N) is 1. The van der Waals surface area contributed by atoms with Crippen molar-refractivity contribution in [3.05, 3.63) is 197 Å². The van der Waals surface area contributed by atoms with E-state index in [1.54, 1.807) is 12.2 Å². The predicted molar refractivity (Wildman–Crippen MR) is 181 cm³/mol. The first-order chi connectivity index (χ1) is 21.7. The Labute approximate surface area is 257 Å². The first-order valence-corrected chi connectivity index (χ1v) is 14.9. The van der Waals surface area contributed by atoms with E-state index in [1.807, 2.05) is 36.4 Å². The van der Waals surface area contributed by atoms with E-state index in [0.29, 0.717) is 11.4 Å². The number of hydrogen-bond acceptors (Lipinski definition) is 3. The number of benzene rings is 6. The molecule has 0 radical (unpaired) electrons. The van der Waals surface area contributed by atoms with Crippen LogP contribution >= 0.6 is 0 Å². The lowest BCUT2D eigenvalue weighted by atomic mass is 9.64. The zero-order chi connectivity index (χ0) is 29.7. The fraction of sp³-hybridized carbons (Fsp3) is 0.0244. The van der Waals surface area contributed by atoms with Crippen LogP contribution in [-0.2, 0) is 5.41 Å². The molecule has 2 N–H and O–H groups in total. The number of rotatable bonds is 5. The Bertz CT molecular complexity index is 2060. The number of hydrogen-bond donors (Lipinski definition) is 2. The second-order valence-corrected chi connectivity index (χ2v) is 11.3. The number of para-hydroxylation sites is 3. The predicted octanol–water partition coefficient (Wildman–Crippen LogP) is 9.83. The average molecular weight is 564 g/mol. The van der Waals surface area contributed by atoms with Gasteiger partial charge in [-0.15, -0.1) is 0 Å². The first kappa shape index (κ1) is 25.9. The Morgan fingerprint density at radius 3 is 1.68 bits per heavy atom. The van der Waals surface area contributed by atoms with Gasteiger partial charge in [-0.1, -0.05) is 127 Å². The normalized spacial score (nSPS) is 13.7. The van der Waals surface area contributed by atoms with E-state index in [-0.39, 0.29) is 0 Å². The Morgan fingerprint density at radius 2 is 1.00 bits per heavy atom. The monoisotopic (exact) mass is 563 g/mol. The molecule has 0 amide bonds. The van der Waals surface area contributed by atoms with Crippen LogP contribution in [0.4, 0.5) is 17.1 Å². The van der Waals surface area contributed by atoms with Gasteiger partial charge in [0.25, 0.3) is 0 Å². The highest BCUT2D eigenvalue weighted by molar-refractivity contribution is 6.17. The van der Waals surface area contributed by atoms with Crippen LogP contribution in [0.5, 0.6) is 0 Å². The highest BCUT2D eigenvalue weighted by Crippen LogP contribution is 2.63. The molecule has 0 saturated carbocycles. The number of allylic oxidation sites excluding steroid dienone is 2. The molecule has 44 heavy (non-hydrogen) atoms. The summed E-state index contributed by atoms with van der Waals surface area (Å²) in [6, 6.07) is 52.8. The molecule has 0 saturated heterocycles. The van der Waals surface area contributed by atoms with Gasteiger partial charge in [0.2, 0.25) is 0 Å². The van der Waals surface area contributed by atoms with Gasteiger partial charge >= 0.3 is 0 Å². The van der Waals surface area contributed by atoms with Gasteiger partial charge in [-0.05, 0) is 75.4 Å². The number of nitrogens with one attached hydrogen (secondary N) is 2. The van der Waals surface area contributed by atoms with Crippen LogP contribution in [-0.4, -0.2) is 11.4 Å². The topological polar surface area (TPSA) is 50.9 Å². The van der Waals surface area contributed by atoms with E-state index in [0.717, 1.165) is 39.3 Å². The molecule has 1 spiro atoms. The minimum Gasteiger partial charge on any atom is -0.310 e. The molecule has 3 heteroatoms. The molecule has 208 valence electrons. The fourth-order valence-electron chi connectivity index (χ4n) is 7.20. The van der Waals surface area contributed by atoms with E-state index in [9.17, 15) is 5.41 Å². The van der Waals surface area contributed by atoms with Crippen LogP contribution in [0.3, 0.4) is 0 Å². The van der Waals surface area contributed by atoms with Crippen molar-refractivity contribution in [2.24, 2.45) is 0 Å². The van der Waals surface area contributed by atoms with E-state index in [1.165, 1.54) is 22.3 Å². The SMILES string of the molecule is N=C(/C=C\C(=N)c1cccc2c1-c1ccccc1C21c2ccccc2N(c2ccccc2)c2ccccc21)c1ccccc1. The summed E-state index contributed by atoms with van der Waals surface area (Å²) in [5.41, 5.74) is 12.4. The maximum atomic E-state index is 9.24. The third-order valence-electron chi connectivity index (χ3n) is 8.97. The molecule has 1 aliphatic heterocycles. The third-order valence-corrected chi connectivity index (χ3v) is 8.97. The summed E-state index contributed by atoms with van der Waals surface area (Å²) in [7, 11) is 0. The van der Waals surface area contributed by atoms with Gasteiger partial charge in [0.05, 0.1) is 28.2 Å². The molecule has 8 rings (SSSR count). The van der Waals surface area contributed by atoms with Gasteiger partial charge in [-0.3, -0.25) is 0 Å². The van der Waals surface area contributed by atoms with Gasteiger partial charge in [-0.2, -0.15) is 0 Å². The van der Waals surface area contributed by atoms with Crippen LogP contribution in [0.25, 0.3) is 11.1 Å². The molecule has 0 fully saturated rings. The summed E-state index contributed by atoms with van der Waals surface area (Å²) in [5, 5.41) is 17.8. The molecular formula is C41H29N3. The lowest BCUT2D eigenvalue weighted by molar-refractivity contribution is 0.752. The molecule has 3 nitrogen and oxygen atoms in total. The van der Waals surface area contributed by atoms with Crippen LogP contribution in [0.1, 0.15) is 33.4 Å². The van der Waals surface area contributed by atoms with E-state index in [4.69, 9.17) is 5.41 Å². The molecule has 2 aliphatic rings. The summed E-state index contributed by atoms with van der Waals surface area (Å²) in [6.45, 7) is 0. The Hall–Kier alpha value is -5.80. The quantitative estimate of drug-likeness (QED) is 0.201. The summed E-state index contributed by atoms with van der Waals surface area (Å²) in [5.74, 6) is 0. The number of anilines is 3. The highest BCUT2D eigenvalue weighted by atomic mass is 15.2. The van der Waals surface area contributed by atoms with Crippen molar-refractivity contribution in [2.45, 2.75) is 5.41 Å². The van der Waals surface area contributed by atoms with Gasteiger partial charge in [0.1, 0.15) is 0 Å². The first-order valence-electron chi connectivity index (χ1n) is 14.9. The largest absolute Gasteiger partial charge is 0.310 e. The fourth-order valence-corrected chi connectivity index (χ4v) is 7.20. The summed E-state index contributed by atoms with van der Waals surface area (Å²) < 4.78 is 0. The lowest BCUT2D eigenvalue weighted by Crippen LogP contribution is -2.36. The van der Waals surface area contributed by atoms with Gasteiger partial charge < -0.3 is 15.7 Å². The Kier molecular flexibility index (Phi) is 5.99. The molecule has 0 unspecified atom stereocenters. The zero-order valence-electron chi connectivity index (χ0n) is 24.0. The highest BCUT2D eigenvalue weighted by Gasteiger charge is 2.52. The molecule has 0 aromatic heterocycles. The molecule has 6 aromatic carbocycles. The van der Waals surface area contributed by atoms with Crippen LogP contribution in [0, 0.1) is 10.8 Å². The number of fused-ring (bicyclic) bond motifs is 9. The summed E-state index contributed by atoms with van der Waals surface area (Å²) in [6.07, 6.45) is 3.50. The van der Waals surface area contributed by atoms with Crippen LogP contribution in [0.2, 0.25) is 0 Å². The van der Waals surface area contributed by atoms with Crippen molar-refractivity contribution in [1.29, 1.82) is 10.8 Å². The minimum absolute atomic E-state index is 0.385. The molecule has 0 bridgehead atoms. The van der Waals surface area contributed by atoms with Crippen molar-refractivity contribution < 1.29 is 0 Å². The molecule has 1 heterocycles. The van der Waals surface area contributed by atoms with Crippen molar-refractivity contribution in [3.63, 3.8) is 0 Å². The smallest absolute Gasteiger partial charge is 0.0754 e. The van der Waals surface area contributed by atoms with Gasteiger partial charge in [-0.25, -0.2) is 0 Å². The van der Waals surface area contributed by atoms with Gasteiger partial charge in [0.15, 0.2) is 0 Å². The second kappa shape index (κ2) is 10.2. The van der Waals surface area contributed by atoms with E-state index >= 15 is 0 Å². The van der Waals surface area contributed by atoms with Crippen molar-refractivity contribution in [3.8, 4) is 11.1 Å². The average Bonchev–Trinajstić information content (AvgIpc) is 3.39. The minimum atomic E-state index is -0.554. The van der Waals surface area contributed by atoms with Crippen molar-refractivity contribution in [1.82, 2.24) is 0 Å². The molecular weight excluding hydrogens is 534 g/mol. The Balaban J connectivity index is 1.37. The molecule has 6 aromatic rings. The molecule has 0 atom stereocenters.